The molecule has 1 heterocycles. The number of hydrogen-bond acceptors (Lipinski definition) is 3. The SMILES string of the molecule is Cn1cc(C(=O)OCC(=O)NC(C)(C)C)c2ccccc21. The molecule has 5 nitrogen and oxygen atoms in total. The number of rotatable bonds is 3. The summed E-state index contributed by atoms with van der Waals surface area (Å²) in [6.07, 6.45) is 1.72. The minimum atomic E-state index is -0.490. The van der Waals surface area contributed by atoms with Crippen LogP contribution in [0.15, 0.2) is 30.5 Å². The zero-order valence-corrected chi connectivity index (χ0v) is 12.8. The van der Waals surface area contributed by atoms with Gasteiger partial charge in [-0.3, -0.25) is 4.79 Å². The van der Waals surface area contributed by atoms with Crippen molar-refractivity contribution < 1.29 is 14.3 Å². The van der Waals surface area contributed by atoms with E-state index < -0.39 is 5.97 Å². The highest BCUT2D eigenvalue weighted by molar-refractivity contribution is 6.04. The number of amides is 1. The Morgan fingerprint density at radius 3 is 2.57 bits per heavy atom. The second-order valence-electron chi connectivity index (χ2n) is 6.05. The minimum absolute atomic E-state index is 0.278. The summed E-state index contributed by atoms with van der Waals surface area (Å²) in [5, 5.41) is 3.57. The van der Waals surface area contributed by atoms with Gasteiger partial charge in [0.25, 0.3) is 5.91 Å². The van der Waals surface area contributed by atoms with Gasteiger partial charge in [-0.25, -0.2) is 4.79 Å². The molecule has 0 bridgehead atoms. The van der Waals surface area contributed by atoms with E-state index >= 15 is 0 Å². The van der Waals surface area contributed by atoms with Gasteiger partial charge in [-0.2, -0.15) is 0 Å². The average Bonchev–Trinajstić information content (AvgIpc) is 2.72. The number of para-hydroxylation sites is 1. The number of esters is 1. The number of ether oxygens (including phenoxy) is 1. The van der Waals surface area contributed by atoms with E-state index in [0.29, 0.717) is 5.56 Å². The summed E-state index contributed by atoms with van der Waals surface area (Å²) in [5.41, 5.74) is 1.07. The number of benzene rings is 1. The molecule has 21 heavy (non-hydrogen) atoms. The first-order chi connectivity index (χ1) is 9.78. The van der Waals surface area contributed by atoms with Crippen LogP contribution < -0.4 is 5.32 Å². The van der Waals surface area contributed by atoms with Gasteiger partial charge in [0.15, 0.2) is 6.61 Å². The number of hydrogen-bond donors (Lipinski definition) is 1. The van der Waals surface area contributed by atoms with Crippen molar-refractivity contribution >= 4 is 22.8 Å². The predicted octanol–water partition coefficient (Wildman–Crippen LogP) is 2.25. The highest BCUT2D eigenvalue weighted by Gasteiger charge is 2.18. The molecule has 2 rings (SSSR count). The molecule has 1 amide bonds. The Bertz CT molecular complexity index is 680. The lowest BCUT2D eigenvalue weighted by Crippen LogP contribution is -2.42. The Labute approximate surface area is 123 Å². The van der Waals surface area contributed by atoms with E-state index in [1.807, 2.05) is 56.7 Å². The van der Waals surface area contributed by atoms with Crippen molar-refractivity contribution in [3.8, 4) is 0 Å². The van der Waals surface area contributed by atoms with E-state index in [-0.39, 0.29) is 18.1 Å². The molecule has 0 atom stereocenters. The molecule has 112 valence electrons. The molecule has 5 heteroatoms. The third-order valence-electron chi connectivity index (χ3n) is 2.97. The smallest absolute Gasteiger partial charge is 0.340 e. The zero-order chi connectivity index (χ0) is 15.6. The lowest BCUT2D eigenvalue weighted by molar-refractivity contribution is -0.125. The van der Waals surface area contributed by atoms with Gasteiger partial charge in [0.1, 0.15) is 0 Å². The van der Waals surface area contributed by atoms with Crippen molar-refractivity contribution in [1.82, 2.24) is 9.88 Å². The van der Waals surface area contributed by atoms with E-state index in [0.717, 1.165) is 10.9 Å². The number of nitrogens with one attached hydrogen (secondary N) is 1. The van der Waals surface area contributed by atoms with E-state index in [4.69, 9.17) is 4.74 Å². The van der Waals surface area contributed by atoms with Crippen molar-refractivity contribution in [3.05, 3.63) is 36.0 Å². The normalized spacial score (nSPS) is 11.4. The van der Waals surface area contributed by atoms with Gasteiger partial charge in [-0.05, 0) is 26.8 Å². The lowest BCUT2D eigenvalue weighted by atomic mass is 10.1. The minimum Gasteiger partial charge on any atom is -0.452 e. The summed E-state index contributed by atoms with van der Waals surface area (Å²) < 4.78 is 6.96. The van der Waals surface area contributed by atoms with Crippen LogP contribution in [0.3, 0.4) is 0 Å². The molecule has 2 aromatic rings. The molecule has 1 N–H and O–H groups in total. The van der Waals surface area contributed by atoms with Crippen LogP contribution in [0.4, 0.5) is 0 Å². The molecular formula is C16H20N2O3. The van der Waals surface area contributed by atoms with E-state index in [1.165, 1.54) is 0 Å². The fourth-order valence-electron chi connectivity index (χ4n) is 2.17. The van der Waals surface area contributed by atoms with Crippen molar-refractivity contribution in [1.29, 1.82) is 0 Å². The van der Waals surface area contributed by atoms with Gasteiger partial charge in [0, 0.05) is 29.7 Å². The molecule has 0 spiro atoms. The largest absolute Gasteiger partial charge is 0.452 e. The lowest BCUT2D eigenvalue weighted by Gasteiger charge is -2.20. The highest BCUT2D eigenvalue weighted by Crippen LogP contribution is 2.20. The average molecular weight is 288 g/mol. The summed E-state index contributed by atoms with van der Waals surface area (Å²) in [6, 6.07) is 7.57. The van der Waals surface area contributed by atoms with Gasteiger partial charge in [-0.15, -0.1) is 0 Å². The first-order valence-corrected chi connectivity index (χ1v) is 6.80. The van der Waals surface area contributed by atoms with Crippen LogP contribution >= 0.6 is 0 Å². The van der Waals surface area contributed by atoms with Crippen LogP contribution in [0.5, 0.6) is 0 Å². The molecule has 1 aromatic carbocycles. The number of aryl methyl sites for hydroxylation is 1. The maximum atomic E-state index is 12.1. The molecule has 0 saturated heterocycles. The number of aromatic nitrogens is 1. The van der Waals surface area contributed by atoms with Crippen LogP contribution in [0.1, 0.15) is 31.1 Å². The Kier molecular flexibility index (Phi) is 4.02. The van der Waals surface area contributed by atoms with Crippen LogP contribution in [0.25, 0.3) is 10.9 Å². The summed E-state index contributed by atoms with van der Waals surface area (Å²) in [7, 11) is 1.87. The number of carbonyl (C=O) groups excluding carboxylic acids is 2. The summed E-state index contributed by atoms with van der Waals surface area (Å²) in [6.45, 7) is 5.34. The first kappa shape index (κ1) is 15.1. The Hall–Kier alpha value is -2.30. The molecule has 1 aromatic heterocycles. The molecule has 0 radical (unpaired) electrons. The van der Waals surface area contributed by atoms with Crippen molar-refractivity contribution in [3.63, 3.8) is 0 Å². The second kappa shape index (κ2) is 5.60. The molecule has 0 aliphatic rings. The third-order valence-corrected chi connectivity index (χ3v) is 2.97. The van der Waals surface area contributed by atoms with Gasteiger partial charge in [0.2, 0.25) is 0 Å². The standard InChI is InChI=1S/C16H20N2O3/c1-16(2,3)17-14(19)10-21-15(20)12-9-18(4)13-8-6-5-7-11(12)13/h5-9H,10H2,1-4H3,(H,17,19). The van der Waals surface area contributed by atoms with Gasteiger partial charge in [-0.1, -0.05) is 18.2 Å². The van der Waals surface area contributed by atoms with E-state index in [9.17, 15) is 9.59 Å². The molecule has 0 saturated carbocycles. The van der Waals surface area contributed by atoms with Gasteiger partial charge in [0.05, 0.1) is 5.56 Å². The topological polar surface area (TPSA) is 60.3 Å². The van der Waals surface area contributed by atoms with Crippen LogP contribution in [0.2, 0.25) is 0 Å². The summed E-state index contributed by atoms with van der Waals surface area (Å²) >= 11 is 0. The molecule has 0 aliphatic heterocycles. The van der Waals surface area contributed by atoms with Crippen molar-refractivity contribution in [2.24, 2.45) is 7.05 Å². The monoisotopic (exact) mass is 288 g/mol. The van der Waals surface area contributed by atoms with Crippen molar-refractivity contribution in [2.75, 3.05) is 6.61 Å². The molecular weight excluding hydrogens is 268 g/mol. The Morgan fingerprint density at radius 1 is 1.24 bits per heavy atom. The van der Waals surface area contributed by atoms with E-state index in [1.54, 1.807) is 6.20 Å². The number of nitrogens with zero attached hydrogens (tertiary/aromatic N) is 1. The van der Waals surface area contributed by atoms with Gasteiger partial charge >= 0.3 is 5.97 Å². The highest BCUT2D eigenvalue weighted by atomic mass is 16.5. The first-order valence-electron chi connectivity index (χ1n) is 6.80. The third kappa shape index (κ3) is 3.62. The Morgan fingerprint density at radius 2 is 1.90 bits per heavy atom. The van der Waals surface area contributed by atoms with Crippen LogP contribution in [0, 0.1) is 0 Å². The number of carbonyl (C=O) groups is 2. The van der Waals surface area contributed by atoms with Crippen molar-refractivity contribution in [2.45, 2.75) is 26.3 Å². The zero-order valence-electron chi connectivity index (χ0n) is 12.8. The van der Waals surface area contributed by atoms with E-state index in [2.05, 4.69) is 5.32 Å². The fraction of sp³-hybridized carbons (Fsp3) is 0.375. The summed E-state index contributed by atoms with van der Waals surface area (Å²) in [5.74, 6) is -0.799. The quantitative estimate of drug-likeness (QED) is 0.881. The molecule has 0 aliphatic carbocycles. The molecule has 0 fully saturated rings. The molecule has 0 unspecified atom stereocenters. The maximum absolute atomic E-state index is 12.1. The van der Waals surface area contributed by atoms with Crippen LogP contribution in [-0.2, 0) is 16.6 Å². The summed E-state index contributed by atoms with van der Waals surface area (Å²) in [4.78, 5) is 23.8. The Balaban J connectivity index is 2.08. The number of fused-ring (bicyclic) bond motifs is 1. The van der Waals surface area contributed by atoms with Gasteiger partial charge < -0.3 is 14.6 Å². The second-order valence-corrected chi connectivity index (χ2v) is 6.05. The predicted molar refractivity (Wildman–Crippen MR) is 81.1 cm³/mol. The maximum Gasteiger partial charge on any atom is 0.340 e. The fourth-order valence-corrected chi connectivity index (χ4v) is 2.17. The van der Waals surface area contributed by atoms with Crippen LogP contribution in [-0.4, -0.2) is 28.6 Å².